The van der Waals surface area contributed by atoms with Crippen molar-refractivity contribution >= 4 is 33.0 Å². The van der Waals surface area contributed by atoms with Crippen LogP contribution in [0.3, 0.4) is 0 Å². The van der Waals surface area contributed by atoms with Gasteiger partial charge in [-0.1, -0.05) is 38.1 Å². The minimum atomic E-state index is -4.39. The lowest BCUT2D eigenvalue weighted by Crippen LogP contribution is -2.60. The molecule has 2 saturated heterocycles. The molecule has 1 unspecified atom stereocenters. The number of anilines is 2. The summed E-state index contributed by atoms with van der Waals surface area (Å²) in [4.78, 5) is 31.9. The summed E-state index contributed by atoms with van der Waals surface area (Å²) in [5.41, 5.74) is 3.63. The van der Waals surface area contributed by atoms with Gasteiger partial charge in [-0.2, -0.15) is 0 Å². The zero-order valence-electron chi connectivity index (χ0n) is 34.8. The Hall–Kier alpha value is -4.04. The van der Waals surface area contributed by atoms with Gasteiger partial charge in [0.25, 0.3) is 21.6 Å². The second kappa shape index (κ2) is 16.9. The molecule has 0 radical (unpaired) electrons. The lowest BCUT2D eigenvalue weighted by molar-refractivity contribution is -0.384. The number of hydrogen-bond acceptors (Lipinski definition) is 10. The quantitative estimate of drug-likeness (QED) is 0.123. The first-order valence-corrected chi connectivity index (χ1v) is 22.8. The van der Waals surface area contributed by atoms with Crippen LogP contribution in [0.5, 0.6) is 0 Å². The molecule has 7 rings (SSSR count). The Morgan fingerprint density at radius 1 is 0.931 bits per heavy atom. The van der Waals surface area contributed by atoms with Crippen LogP contribution in [0.2, 0.25) is 0 Å². The Bertz CT molecular complexity index is 2050. The van der Waals surface area contributed by atoms with E-state index in [9.17, 15) is 28.4 Å². The maximum Gasteiger partial charge on any atom is 0.293 e. The highest BCUT2D eigenvalue weighted by Gasteiger charge is 2.50. The van der Waals surface area contributed by atoms with E-state index >= 15 is 0 Å². The third-order valence-corrected chi connectivity index (χ3v) is 15.1. The predicted octanol–water partition coefficient (Wildman–Crippen LogP) is 7.71. The van der Waals surface area contributed by atoms with Crippen molar-refractivity contribution in [2.24, 2.45) is 11.3 Å². The first-order valence-electron chi connectivity index (χ1n) is 21.3. The van der Waals surface area contributed by atoms with Crippen LogP contribution in [0.25, 0.3) is 0 Å². The number of benzene rings is 3. The van der Waals surface area contributed by atoms with E-state index in [2.05, 4.69) is 76.7 Å². The van der Waals surface area contributed by atoms with Crippen LogP contribution in [0, 0.1) is 21.4 Å². The van der Waals surface area contributed by atoms with Crippen molar-refractivity contribution in [2.45, 2.75) is 121 Å². The number of piperazine rings is 1. The maximum absolute atomic E-state index is 13.3. The second-order valence-corrected chi connectivity index (χ2v) is 20.1. The number of carbonyl (C=O) groups is 1. The number of rotatable bonds is 12. The van der Waals surface area contributed by atoms with Gasteiger partial charge in [0.15, 0.2) is 0 Å². The van der Waals surface area contributed by atoms with Crippen molar-refractivity contribution in [1.82, 2.24) is 14.5 Å². The maximum atomic E-state index is 13.3. The molecular formula is C45H62N6O6S. The van der Waals surface area contributed by atoms with E-state index in [0.717, 1.165) is 70.2 Å². The number of carbonyl (C=O) groups excluding carboxylic acids is 1. The highest BCUT2D eigenvalue weighted by atomic mass is 32.2. The first-order chi connectivity index (χ1) is 27.5. The van der Waals surface area contributed by atoms with Crippen molar-refractivity contribution in [3.8, 4) is 0 Å². The largest absolute Gasteiger partial charge is 0.390 e. The lowest BCUT2D eigenvalue weighted by Gasteiger charge is -2.58. The van der Waals surface area contributed by atoms with Crippen molar-refractivity contribution in [3.63, 3.8) is 0 Å². The smallest absolute Gasteiger partial charge is 0.293 e. The van der Waals surface area contributed by atoms with Crippen LogP contribution in [-0.2, 0) is 10.0 Å². The first kappa shape index (κ1) is 42.1. The normalized spacial score (nSPS) is 24.5. The van der Waals surface area contributed by atoms with Crippen LogP contribution in [0.1, 0.15) is 119 Å². The van der Waals surface area contributed by atoms with E-state index in [4.69, 9.17) is 0 Å². The summed E-state index contributed by atoms with van der Waals surface area (Å²) in [7, 11) is -4.39. The number of nitrogens with zero attached hydrogens (tertiary/aromatic N) is 4. The number of piperidine rings is 1. The van der Waals surface area contributed by atoms with E-state index in [1.54, 1.807) is 12.1 Å². The molecule has 0 bridgehead atoms. The number of aliphatic hydroxyl groups is 1. The van der Waals surface area contributed by atoms with Crippen LogP contribution < -0.4 is 14.9 Å². The molecule has 3 N–H and O–H groups in total. The van der Waals surface area contributed by atoms with Gasteiger partial charge in [0.05, 0.1) is 15.4 Å². The molecule has 2 aliphatic heterocycles. The van der Waals surface area contributed by atoms with Crippen LogP contribution in [0.4, 0.5) is 17.1 Å². The zero-order valence-corrected chi connectivity index (χ0v) is 35.6. The van der Waals surface area contributed by atoms with Gasteiger partial charge in [-0.15, -0.1) is 0 Å². The van der Waals surface area contributed by atoms with E-state index in [-0.39, 0.29) is 27.8 Å². The second-order valence-electron chi connectivity index (χ2n) is 18.4. The predicted molar refractivity (Wildman–Crippen MR) is 229 cm³/mol. The van der Waals surface area contributed by atoms with Gasteiger partial charge in [-0.05, 0) is 137 Å². The highest BCUT2D eigenvalue weighted by molar-refractivity contribution is 7.90. The van der Waals surface area contributed by atoms with Gasteiger partial charge in [0.2, 0.25) is 0 Å². The van der Waals surface area contributed by atoms with Crippen molar-refractivity contribution in [3.05, 3.63) is 93.5 Å². The Balaban J connectivity index is 0.930. The summed E-state index contributed by atoms with van der Waals surface area (Å²) < 4.78 is 28.6. The number of nitro groups is 1. The van der Waals surface area contributed by atoms with E-state index in [1.165, 1.54) is 36.1 Å². The molecule has 314 valence electrons. The average molecular weight is 815 g/mol. The average Bonchev–Trinajstić information content (AvgIpc) is 3.19. The standard InChI is InChI=1S/C45H62N6O6S/c1-31(2)38-8-6-7-9-39(38)42-30-49(32(3)4)24-25-50(42)36-27-45(28-36)20-22-48(23-21-45)35-12-10-34(11-13-35)43(52)47-58(56,57)37-14-15-40(41(26-37)51(54)55)46-29-33-16-18-44(5,53)19-17-33/h6-15,26,31-33,36,42,46,53H,16-25,27-30H2,1-5H3,(H,47,52). The number of nitrogens with one attached hydrogen (secondary N) is 2. The van der Waals surface area contributed by atoms with Crippen molar-refractivity contribution < 1.29 is 23.2 Å². The molecular weight excluding hydrogens is 753 g/mol. The minimum Gasteiger partial charge on any atom is -0.390 e. The Kier molecular flexibility index (Phi) is 12.3. The summed E-state index contributed by atoms with van der Waals surface area (Å²) in [6.45, 7) is 16.6. The molecule has 12 nitrogen and oxygen atoms in total. The van der Waals surface area contributed by atoms with Gasteiger partial charge in [-0.25, -0.2) is 13.1 Å². The van der Waals surface area contributed by atoms with Crippen molar-refractivity contribution in [2.75, 3.05) is 49.5 Å². The van der Waals surface area contributed by atoms with E-state index in [1.807, 2.05) is 19.1 Å². The molecule has 2 heterocycles. The third-order valence-electron chi connectivity index (χ3n) is 13.8. The van der Waals surface area contributed by atoms with Gasteiger partial charge in [0.1, 0.15) is 5.69 Å². The van der Waals surface area contributed by atoms with Crippen LogP contribution in [0.15, 0.2) is 71.6 Å². The zero-order chi connectivity index (χ0) is 41.4. The molecule has 13 heteroatoms. The molecule has 1 atom stereocenters. The van der Waals surface area contributed by atoms with Gasteiger partial charge >= 0.3 is 0 Å². The molecule has 1 amide bonds. The van der Waals surface area contributed by atoms with E-state index < -0.39 is 26.5 Å². The highest BCUT2D eigenvalue weighted by Crippen LogP contribution is 2.53. The molecule has 2 saturated carbocycles. The number of amides is 1. The molecule has 4 aliphatic rings. The van der Waals surface area contributed by atoms with Crippen LogP contribution >= 0.6 is 0 Å². The monoisotopic (exact) mass is 814 g/mol. The summed E-state index contributed by atoms with van der Waals surface area (Å²) in [5.74, 6) is -0.0763. The van der Waals surface area contributed by atoms with Gasteiger partial charge in [-0.3, -0.25) is 24.7 Å². The summed E-state index contributed by atoms with van der Waals surface area (Å²) in [6.07, 6.45) is 7.59. The Morgan fingerprint density at radius 2 is 1.60 bits per heavy atom. The van der Waals surface area contributed by atoms with Gasteiger partial charge < -0.3 is 15.3 Å². The molecule has 4 fully saturated rings. The summed E-state index contributed by atoms with van der Waals surface area (Å²) in [6, 6.07) is 21.2. The minimum absolute atomic E-state index is 0.188. The molecule has 2 aliphatic carbocycles. The molecule has 58 heavy (non-hydrogen) atoms. The summed E-state index contributed by atoms with van der Waals surface area (Å²) in [5, 5.41) is 25.3. The number of nitro benzene ring substituents is 1. The molecule has 3 aromatic carbocycles. The topological polar surface area (TPSA) is 148 Å². The van der Waals surface area contributed by atoms with Crippen LogP contribution in [-0.4, -0.2) is 91.1 Å². The fraction of sp³-hybridized carbons (Fsp3) is 0.578. The lowest BCUT2D eigenvalue weighted by atomic mass is 9.59. The van der Waals surface area contributed by atoms with E-state index in [0.29, 0.717) is 48.8 Å². The number of hydrogen-bond donors (Lipinski definition) is 3. The molecule has 0 aromatic heterocycles. The molecule has 3 aromatic rings. The summed E-state index contributed by atoms with van der Waals surface area (Å²) >= 11 is 0. The Labute approximate surface area is 344 Å². The SMILES string of the molecule is CC(C)c1ccccc1C1CN(C(C)C)CCN1C1CC2(CCN(c3ccc(C(=O)NS(=O)(=O)c4ccc(NCC5CCC(C)(O)CC5)c([N+](=O)[O-])c4)cc3)CC2)C1. The van der Waals surface area contributed by atoms with Crippen molar-refractivity contribution in [1.29, 1.82) is 0 Å². The Morgan fingerprint density at radius 3 is 2.24 bits per heavy atom. The number of sulfonamides is 1. The van der Waals surface area contributed by atoms with Gasteiger partial charge in [0, 0.05) is 74.7 Å². The molecule has 1 spiro atoms. The fourth-order valence-corrected chi connectivity index (χ4v) is 11.0. The third kappa shape index (κ3) is 9.22. The fourth-order valence-electron chi connectivity index (χ4n) is 9.96.